The van der Waals surface area contributed by atoms with Crippen molar-refractivity contribution in [3.05, 3.63) is 21.4 Å². The third-order valence-corrected chi connectivity index (χ3v) is 4.45. The fraction of sp³-hybridized carbons (Fsp3) is 0.455. The second-order valence-electron chi connectivity index (χ2n) is 3.83. The Balaban J connectivity index is 0.00000144. The number of amidine groups is 1. The van der Waals surface area contributed by atoms with E-state index in [0.29, 0.717) is 11.7 Å². The van der Waals surface area contributed by atoms with Crippen LogP contribution in [0.4, 0.5) is 0 Å². The van der Waals surface area contributed by atoms with Gasteiger partial charge in [0.2, 0.25) is 0 Å². The number of hydrogen-bond acceptors (Lipinski definition) is 4. The molecule has 1 aromatic heterocycles. The molecule has 0 amide bonds. The zero-order valence-corrected chi connectivity index (χ0v) is 13.1. The quantitative estimate of drug-likeness (QED) is 0.863. The van der Waals surface area contributed by atoms with E-state index >= 15 is 0 Å². The zero-order valence-electron chi connectivity index (χ0n) is 9.78. The third-order valence-electron chi connectivity index (χ3n) is 2.56. The SMILES string of the molecule is Br.Cc1cc(C(=O)CN2CCSC2=N)c(C)s1. The molecule has 1 saturated heterocycles. The minimum atomic E-state index is 0. The van der Waals surface area contributed by atoms with Gasteiger partial charge in [0, 0.05) is 27.6 Å². The first-order valence-electron chi connectivity index (χ1n) is 5.14. The van der Waals surface area contributed by atoms with E-state index in [1.54, 1.807) is 11.3 Å². The van der Waals surface area contributed by atoms with Crippen LogP contribution in [0.25, 0.3) is 0 Å². The second kappa shape index (κ2) is 6.02. The Morgan fingerprint density at radius 3 is 2.71 bits per heavy atom. The van der Waals surface area contributed by atoms with Crippen molar-refractivity contribution in [1.82, 2.24) is 4.90 Å². The van der Waals surface area contributed by atoms with Gasteiger partial charge in [-0.15, -0.1) is 28.3 Å². The van der Waals surface area contributed by atoms with Gasteiger partial charge in [-0.2, -0.15) is 0 Å². The summed E-state index contributed by atoms with van der Waals surface area (Å²) in [5, 5.41) is 8.19. The number of halogens is 1. The molecule has 1 fully saturated rings. The molecule has 0 unspecified atom stereocenters. The maximum Gasteiger partial charge on any atom is 0.183 e. The molecule has 94 valence electrons. The number of thiophene rings is 1. The van der Waals surface area contributed by atoms with Crippen molar-refractivity contribution in [1.29, 1.82) is 5.41 Å². The summed E-state index contributed by atoms with van der Waals surface area (Å²) in [6.45, 7) is 5.16. The van der Waals surface area contributed by atoms with Crippen LogP contribution in [0.2, 0.25) is 0 Å². The second-order valence-corrected chi connectivity index (χ2v) is 6.37. The molecule has 1 aliphatic rings. The van der Waals surface area contributed by atoms with Gasteiger partial charge in [-0.05, 0) is 19.9 Å². The van der Waals surface area contributed by atoms with Gasteiger partial charge in [0.05, 0.1) is 6.54 Å². The number of rotatable bonds is 3. The van der Waals surface area contributed by atoms with Gasteiger partial charge in [-0.3, -0.25) is 10.2 Å². The average Bonchev–Trinajstić information content (AvgIpc) is 2.74. The van der Waals surface area contributed by atoms with Crippen molar-refractivity contribution in [2.75, 3.05) is 18.8 Å². The van der Waals surface area contributed by atoms with E-state index in [2.05, 4.69) is 0 Å². The summed E-state index contributed by atoms with van der Waals surface area (Å²) in [6, 6.07) is 1.95. The molecule has 3 nitrogen and oxygen atoms in total. The number of nitrogens with zero attached hydrogens (tertiary/aromatic N) is 1. The normalized spacial score (nSPS) is 14.9. The summed E-state index contributed by atoms with van der Waals surface area (Å²) in [4.78, 5) is 16.1. The predicted molar refractivity (Wildman–Crippen MR) is 80.2 cm³/mol. The molecular weight excluding hydrogens is 320 g/mol. The van der Waals surface area contributed by atoms with Crippen LogP contribution in [0.3, 0.4) is 0 Å². The molecule has 0 radical (unpaired) electrons. The van der Waals surface area contributed by atoms with Gasteiger partial charge in [-0.25, -0.2) is 0 Å². The minimum Gasteiger partial charge on any atom is -0.343 e. The topological polar surface area (TPSA) is 44.2 Å². The maximum atomic E-state index is 12.0. The lowest BCUT2D eigenvalue weighted by Crippen LogP contribution is -2.30. The lowest BCUT2D eigenvalue weighted by atomic mass is 10.1. The van der Waals surface area contributed by atoms with E-state index in [-0.39, 0.29) is 22.8 Å². The van der Waals surface area contributed by atoms with Crippen molar-refractivity contribution in [2.45, 2.75) is 13.8 Å². The lowest BCUT2D eigenvalue weighted by Gasteiger charge is -2.15. The summed E-state index contributed by atoms with van der Waals surface area (Å²) < 4.78 is 0. The Hall–Kier alpha value is -0.330. The minimum absolute atomic E-state index is 0. The molecule has 0 bridgehead atoms. The molecule has 1 N–H and O–H groups in total. The highest BCUT2D eigenvalue weighted by molar-refractivity contribution is 8.93. The number of ketones is 1. The Kier molecular flexibility index (Phi) is 5.22. The van der Waals surface area contributed by atoms with Crippen molar-refractivity contribution in [3.8, 4) is 0 Å². The number of nitrogens with one attached hydrogen (secondary N) is 1. The molecule has 1 aliphatic heterocycles. The van der Waals surface area contributed by atoms with Crippen LogP contribution in [0.5, 0.6) is 0 Å². The Morgan fingerprint density at radius 2 is 2.24 bits per heavy atom. The van der Waals surface area contributed by atoms with Crippen molar-refractivity contribution in [2.24, 2.45) is 0 Å². The van der Waals surface area contributed by atoms with E-state index in [1.807, 2.05) is 24.8 Å². The van der Waals surface area contributed by atoms with Crippen LogP contribution >= 0.6 is 40.1 Å². The maximum absolute atomic E-state index is 12.0. The molecule has 17 heavy (non-hydrogen) atoms. The molecule has 0 saturated carbocycles. The summed E-state index contributed by atoms with van der Waals surface area (Å²) in [6.07, 6.45) is 0. The number of aryl methyl sites for hydroxylation is 2. The molecule has 0 atom stereocenters. The van der Waals surface area contributed by atoms with E-state index in [9.17, 15) is 4.79 Å². The standard InChI is InChI=1S/C11H14N2OS2.BrH/c1-7-5-9(8(2)16-7)10(14)6-13-3-4-15-11(13)12;/h5,12H,3-4,6H2,1-2H3;1H. The van der Waals surface area contributed by atoms with E-state index in [4.69, 9.17) is 5.41 Å². The molecule has 1 aromatic rings. The van der Waals surface area contributed by atoms with Crippen LogP contribution in [0, 0.1) is 19.3 Å². The number of thioether (sulfide) groups is 1. The molecular formula is C11H15BrN2OS2. The van der Waals surface area contributed by atoms with Gasteiger partial charge in [0.15, 0.2) is 11.0 Å². The Labute approximate surface area is 120 Å². The number of Topliss-reactive ketones (excluding diaryl/α,β-unsaturated/α-hetero) is 1. The summed E-state index contributed by atoms with van der Waals surface area (Å²) >= 11 is 3.17. The number of carbonyl (C=O) groups excluding carboxylic acids is 1. The van der Waals surface area contributed by atoms with E-state index in [1.165, 1.54) is 16.6 Å². The summed E-state index contributed by atoms with van der Waals surface area (Å²) in [5.74, 6) is 1.06. The van der Waals surface area contributed by atoms with Crippen molar-refractivity contribution in [3.63, 3.8) is 0 Å². The van der Waals surface area contributed by atoms with Crippen molar-refractivity contribution >= 4 is 51.0 Å². The summed E-state index contributed by atoms with van der Waals surface area (Å²) in [7, 11) is 0. The first-order chi connectivity index (χ1) is 7.58. The third kappa shape index (κ3) is 3.33. The average molecular weight is 335 g/mol. The predicted octanol–water partition coefficient (Wildman–Crippen LogP) is 3.11. The van der Waals surface area contributed by atoms with Crippen molar-refractivity contribution < 1.29 is 4.79 Å². The largest absolute Gasteiger partial charge is 0.343 e. The molecule has 2 heterocycles. The van der Waals surface area contributed by atoms with Crippen LogP contribution in [-0.2, 0) is 0 Å². The van der Waals surface area contributed by atoms with Gasteiger partial charge in [-0.1, -0.05) is 11.8 Å². The van der Waals surface area contributed by atoms with Crippen LogP contribution in [0.1, 0.15) is 20.1 Å². The molecule has 2 rings (SSSR count). The molecule has 6 heteroatoms. The molecule has 0 aromatic carbocycles. The van der Waals surface area contributed by atoms with Gasteiger partial charge < -0.3 is 4.90 Å². The first kappa shape index (κ1) is 14.7. The summed E-state index contributed by atoms with van der Waals surface area (Å²) in [5.41, 5.74) is 0.826. The highest BCUT2D eigenvalue weighted by Gasteiger charge is 2.22. The van der Waals surface area contributed by atoms with Gasteiger partial charge in [0.1, 0.15) is 0 Å². The van der Waals surface area contributed by atoms with Crippen LogP contribution in [-0.4, -0.2) is 34.7 Å². The lowest BCUT2D eigenvalue weighted by molar-refractivity contribution is 0.0966. The molecule has 0 aliphatic carbocycles. The number of hydrogen-bond donors (Lipinski definition) is 1. The fourth-order valence-electron chi connectivity index (χ4n) is 1.76. The Bertz CT molecular complexity index is 445. The zero-order chi connectivity index (χ0) is 11.7. The monoisotopic (exact) mass is 334 g/mol. The van der Waals surface area contributed by atoms with Gasteiger partial charge >= 0.3 is 0 Å². The fourth-order valence-corrected chi connectivity index (χ4v) is 3.55. The Morgan fingerprint density at radius 1 is 1.53 bits per heavy atom. The number of carbonyl (C=O) groups is 1. The van der Waals surface area contributed by atoms with E-state index in [0.717, 1.165) is 22.7 Å². The highest BCUT2D eigenvalue weighted by Crippen LogP contribution is 2.22. The smallest absolute Gasteiger partial charge is 0.183 e. The van der Waals surface area contributed by atoms with Crippen LogP contribution in [0.15, 0.2) is 6.07 Å². The first-order valence-corrected chi connectivity index (χ1v) is 6.94. The molecule has 0 spiro atoms. The van der Waals surface area contributed by atoms with Crippen LogP contribution < -0.4 is 0 Å². The van der Waals surface area contributed by atoms with E-state index < -0.39 is 0 Å². The highest BCUT2D eigenvalue weighted by atomic mass is 79.9. The van der Waals surface area contributed by atoms with Gasteiger partial charge in [0.25, 0.3) is 0 Å².